The van der Waals surface area contributed by atoms with Gasteiger partial charge in [-0.25, -0.2) is 4.39 Å². The van der Waals surface area contributed by atoms with Gasteiger partial charge in [-0.1, -0.05) is 12.1 Å². The molecule has 2 aromatic rings. The molecule has 130 valence electrons. The number of carbonyl (C=O) groups excluding carboxylic acids is 1. The molecule has 1 aromatic carbocycles. The smallest absolute Gasteiger partial charge is 0.226 e. The van der Waals surface area contributed by atoms with E-state index in [2.05, 4.69) is 15.5 Å². The Labute approximate surface area is 146 Å². The molecule has 1 fully saturated rings. The number of amides is 1. The summed E-state index contributed by atoms with van der Waals surface area (Å²) in [5.41, 5.74) is 2.97. The molecule has 1 saturated carbocycles. The van der Waals surface area contributed by atoms with Gasteiger partial charge in [-0.05, 0) is 48.6 Å². The van der Waals surface area contributed by atoms with Crippen LogP contribution in [-0.2, 0) is 17.8 Å². The Morgan fingerprint density at radius 2 is 2.24 bits per heavy atom. The zero-order valence-electron chi connectivity index (χ0n) is 14.2. The number of nitrogens with one attached hydrogen (secondary N) is 1. The maximum atomic E-state index is 13.4. The average molecular weight is 340 g/mol. The second-order valence-corrected chi connectivity index (χ2v) is 6.75. The first kappa shape index (κ1) is 16.0. The van der Waals surface area contributed by atoms with Gasteiger partial charge in [0.15, 0.2) is 0 Å². The number of hydrogen-bond donors (Lipinski definition) is 1. The zero-order chi connectivity index (χ0) is 17.4. The van der Waals surface area contributed by atoms with Crippen molar-refractivity contribution < 1.29 is 9.18 Å². The molecule has 1 amide bonds. The van der Waals surface area contributed by atoms with Crippen LogP contribution in [0.3, 0.4) is 0 Å². The Hall–Kier alpha value is -2.50. The third-order valence-corrected chi connectivity index (χ3v) is 4.99. The maximum absolute atomic E-state index is 13.4. The minimum atomic E-state index is -0.239. The summed E-state index contributed by atoms with van der Waals surface area (Å²) in [7, 11) is 0. The number of aromatic nitrogens is 2. The fourth-order valence-electron chi connectivity index (χ4n) is 3.59. The molecule has 2 atom stereocenters. The highest BCUT2D eigenvalue weighted by atomic mass is 19.1. The highest BCUT2D eigenvalue weighted by Gasteiger charge is 2.46. The van der Waals surface area contributed by atoms with E-state index in [1.807, 2.05) is 24.0 Å². The molecule has 25 heavy (non-hydrogen) atoms. The SMILES string of the molecule is CCNc1cc2c(nn1)CCN(C(=O)[C@H]1C[C@H]1c1cccc(F)c1)C2. The van der Waals surface area contributed by atoms with Crippen LogP contribution in [0.4, 0.5) is 10.2 Å². The van der Waals surface area contributed by atoms with E-state index in [-0.39, 0.29) is 23.6 Å². The minimum Gasteiger partial charge on any atom is -0.369 e. The largest absolute Gasteiger partial charge is 0.369 e. The Morgan fingerprint density at radius 3 is 3.04 bits per heavy atom. The van der Waals surface area contributed by atoms with Gasteiger partial charge in [0.25, 0.3) is 0 Å². The summed E-state index contributed by atoms with van der Waals surface area (Å²) in [5.74, 6) is 0.808. The lowest BCUT2D eigenvalue weighted by atomic mass is 10.0. The van der Waals surface area contributed by atoms with Crippen LogP contribution in [0.1, 0.15) is 36.1 Å². The highest BCUT2D eigenvalue weighted by Crippen LogP contribution is 2.48. The summed E-state index contributed by atoms with van der Waals surface area (Å²) in [6.45, 7) is 4.05. The highest BCUT2D eigenvalue weighted by molar-refractivity contribution is 5.83. The van der Waals surface area contributed by atoms with Crippen LogP contribution in [0.5, 0.6) is 0 Å². The van der Waals surface area contributed by atoms with Gasteiger partial charge in [-0.15, -0.1) is 5.10 Å². The molecule has 0 unspecified atom stereocenters. The number of anilines is 1. The van der Waals surface area contributed by atoms with Crippen molar-refractivity contribution in [3.63, 3.8) is 0 Å². The van der Waals surface area contributed by atoms with Crippen molar-refractivity contribution in [2.75, 3.05) is 18.4 Å². The van der Waals surface area contributed by atoms with Gasteiger partial charge in [0.1, 0.15) is 11.6 Å². The van der Waals surface area contributed by atoms with E-state index in [0.717, 1.165) is 42.0 Å². The van der Waals surface area contributed by atoms with Gasteiger partial charge in [0, 0.05) is 32.0 Å². The molecule has 1 N–H and O–H groups in total. The molecule has 4 rings (SSSR count). The van der Waals surface area contributed by atoms with E-state index in [1.165, 1.54) is 6.07 Å². The van der Waals surface area contributed by atoms with Gasteiger partial charge >= 0.3 is 0 Å². The van der Waals surface area contributed by atoms with E-state index < -0.39 is 0 Å². The second-order valence-electron chi connectivity index (χ2n) is 6.75. The molecule has 0 bridgehead atoms. The summed E-state index contributed by atoms with van der Waals surface area (Å²) >= 11 is 0. The first-order valence-corrected chi connectivity index (χ1v) is 8.79. The van der Waals surface area contributed by atoms with E-state index >= 15 is 0 Å². The number of benzene rings is 1. The quantitative estimate of drug-likeness (QED) is 0.930. The van der Waals surface area contributed by atoms with Crippen molar-refractivity contribution in [2.45, 2.75) is 32.2 Å². The van der Waals surface area contributed by atoms with Crippen LogP contribution < -0.4 is 5.32 Å². The first-order valence-electron chi connectivity index (χ1n) is 8.79. The van der Waals surface area contributed by atoms with Crippen molar-refractivity contribution in [1.82, 2.24) is 15.1 Å². The van der Waals surface area contributed by atoms with Crippen LogP contribution in [0.2, 0.25) is 0 Å². The zero-order valence-corrected chi connectivity index (χ0v) is 14.2. The van der Waals surface area contributed by atoms with Gasteiger partial charge in [0.05, 0.1) is 5.69 Å². The topological polar surface area (TPSA) is 58.1 Å². The predicted octanol–water partition coefficient (Wildman–Crippen LogP) is 2.74. The fraction of sp³-hybridized carbons (Fsp3) is 0.421. The molecule has 2 heterocycles. The number of hydrogen-bond acceptors (Lipinski definition) is 4. The molecule has 0 spiro atoms. The molecule has 0 radical (unpaired) electrons. The summed E-state index contributed by atoms with van der Waals surface area (Å²) in [6, 6.07) is 8.59. The lowest BCUT2D eigenvalue weighted by molar-refractivity contribution is -0.133. The van der Waals surface area contributed by atoms with E-state index in [4.69, 9.17) is 0 Å². The molecular weight excluding hydrogens is 319 g/mol. The lowest BCUT2D eigenvalue weighted by Crippen LogP contribution is -2.37. The van der Waals surface area contributed by atoms with Crippen molar-refractivity contribution in [2.24, 2.45) is 5.92 Å². The van der Waals surface area contributed by atoms with Crippen molar-refractivity contribution in [3.05, 3.63) is 53.0 Å². The van der Waals surface area contributed by atoms with Crippen LogP contribution in [0.25, 0.3) is 0 Å². The number of rotatable bonds is 4. The van der Waals surface area contributed by atoms with E-state index in [0.29, 0.717) is 13.1 Å². The standard InChI is InChI=1S/C19H21FN4O/c1-2-21-18-9-13-11-24(7-6-17(13)22-23-18)19(25)16-10-15(16)12-4-3-5-14(20)8-12/h3-5,8-9,15-16H,2,6-7,10-11H2,1H3,(H,21,23)/t15-,16-/m0/s1. The van der Waals surface area contributed by atoms with Gasteiger partial charge in [-0.2, -0.15) is 5.10 Å². The molecule has 6 heteroatoms. The van der Waals surface area contributed by atoms with Gasteiger partial charge in [0.2, 0.25) is 5.91 Å². The maximum Gasteiger partial charge on any atom is 0.226 e. The Morgan fingerprint density at radius 1 is 1.36 bits per heavy atom. The van der Waals surface area contributed by atoms with Gasteiger partial charge in [-0.3, -0.25) is 4.79 Å². The van der Waals surface area contributed by atoms with Crippen LogP contribution in [-0.4, -0.2) is 34.1 Å². The summed E-state index contributed by atoms with van der Waals surface area (Å²) in [6.07, 6.45) is 1.54. The van der Waals surface area contributed by atoms with Crippen molar-refractivity contribution in [3.8, 4) is 0 Å². The first-order chi connectivity index (χ1) is 12.2. The molecule has 5 nitrogen and oxygen atoms in total. The monoisotopic (exact) mass is 340 g/mol. The fourth-order valence-corrected chi connectivity index (χ4v) is 3.59. The number of halogens is 1. The Kier molecular flexibility index (Phi) is 4.11. The second kappa shape index (κ2) is 6.43. The van der Waals surface area contributed by atoms with Crippen LogP contribution in [0, 0.1) is 11.7 Å². The summed E-state index contributed by atoms with van der Waals surface area (Å²) < 4.78 is 13.4. The molecule has 1 aliphatic heterocycles. The number of fused-ring (bicyclic) bond motifs is 1. The number of carbonyl (C=O) groups is 1. The van der Waals surface area contributed by atoms with Crippen LogP contribution in [0.15, 0.2) is 30.3 Å². The van der Waals surface area contributed by atoms with E-state index in [9.17, 15) is 9.18 Å². The predicted molar refractivity (Wildman–Crippen MR) is 92.6 cm³/mol. The minimum absolute atomic E-state index is 0.0219. The summed E-state index contributed by atoms with van der Waals surface area (Å²) in [5, 5.41) is 11.6. The normalized spacial score (nSPS) is 21.6. The molecule has 1 aliphatic carbocycles. The molecular formula is C19H21FN4O. The van der Waals surface area contributed by atoms with Gasteiger partial charge < -0.3 is 10.2 Å². The third kappa shape index (κ3) is 3.21. The van der Waals surface area contributed by atoms with Crippen molar-refractivity contribution in [1.29, 1.82) is 0 Å². The van der Waals surface area contributed by atoms with Crippen LogP contribution >= 0.6 is 0 Å². The average Bonchev–Trinajstić information content (AvgIpc) is 3.41. The summed E-state index contributed by atoms with van der Waals surface area (Å²) in [4.78, 5) is 14.7. The Balaban J connectivity index is 1.45. The molecule has 1 aromatic heterocycles. The Bertz CT molecular complexity index is 810. The molecule has 0 saturated heterocycles. The lowest BCUT2D eigenvalue weighted by Gasteiger charge is -2.28. The van der Waals surface area contributed by atoms with E-state index in [1.54, 1.807) is 12.1 Å². The molecule has 2 aliphatic rings. The number of nitrogens with zero attached hydrogens (tertiary/aromatic N) is 3. The van der Waals surface area contributed by atoms with Crippen molar-refractivity contribution >= 4 is 11.7 Å². The third-order valence-electron chi connectivity index (χ3n) is 4.99.